The molecule has 15 heavy (non-hydrogen) atoms. The van der Waals surface area contributed by atoms with E-state index in [1.54, 1.807) is 6.92 Å². The van der Waals surface area contributed by atoms with Gasteiger partial charge in [0.05, 0.1) is 19.6 Å². The zero-order valence-corrected chi connectivity index (χ0v) is 9.10. The summed E-state index contributed by atoms with van der Waals surface area (Å²) in [4.78, 5) is 24.5. The van der Waals surface area contributed by atoms with Gasteiger partial charge in [0.1, 0.15) is 6.04 Å². The molecule has 1 saturated heterocycles. The Labute approximate surface area is 89.0 Å². The molecule has 86 valence electrons. The van der Waals surface area contributed by atoms with Crippen molar-refractivity contribution in [2.24, 2.45) is 0 Å². The quantitative estimate of drug-likeness (QED) is 0.669. The van der Waals surface area contributed by atoms with Crippen LogP contribution in [0.15, 0.2) is 0 Å². The molecule has 0 aromatic carbocycles. The third-order valence-corrected chi connectivity index (χ3v) is 2.52. The molecule has 1 fully saturated rings. The summed E-state index contributed by atoms with van der Waals surface area (Å²) in [5.74, 6) is -0.552. The summed E-state index contributed by atoms with van der Waals surface area (Å²) in [5.41, 5.74) is 0. The first kappa shape index (κ1) is 12.0. The van der Waals surface area contributed by atoms with Crippen LogP contribution in [0.3, 0.4) is 0 Å². The van der Waals surface area contributed by atoms with E-state index in [-0.39, 0.29) is 18.3 Å². The minimum atomic E-state index is -0.670. The highest BCUT2D eigenvalue weighted by atomic mass is 16.5. The lowest BCUT2D eigenvalue weighted by atomic mass is 10.2. The number of ether oxygens (including phenoxy) is 1. The van der Waals surface area contributed by atoms with Gasteiger partial charge in [-0.1, -0.05) is 0 Å². The lowest BCUT2D eigenvalue weighted by Crippen LogP contribution is -2.41. The van der Waals surface area contributed by atoms with Gasteiger partial charge in [-0.3, -0.25) is 4.79 Å². The van der Waals surface area contributed by atoms with Crippen LogP contribution in [0.1, 0.15) is 26.2 Å². The molecule has 0 bridgehead atoms. The Morgan fingerprint density at radius 2 is 2.27 bits per heavy atom. The van der Waals surface area contributed by atoms with Crippen molar-refractivity contribution in [1.82, 2.24) is 4.90 Å². The Hall–Kier alpha value is -1.10. The fraction of sp³-hybridized carbons (Fsp3) is 0.800. The zero-order valence-electron chi connectivity index (χ0n) is 9.10. The van der Waals surface area contributed by atoms with Gasteiger partial charge in [0.25, 0.3) is 0 Å². The average Bonchev–Trinajstić information content (AvgIpc) is 2.63. The van der Waals surface area contributed by atoms with Crippen LogP contribution < -0.4 is 0 Å². The SMILES string of the molecule is COC(=O)[C@H]1CCCN1C(=O)C[C@H](C)O. The van der Waals surface area contributed by atoms with E-state index < -0.39 is 12.1 Å². The van der Waals surface area contributed by atoms with E-state index in [1.807, 2.05) is 0 Å². The smallest absolute Gasteiger partial charge is 0.328 e. The molecule has 0 aromatic heterocycles. The van der Waals surface area contributed by atoms with Crippen molar-refractivity contribution in [2.45, 2.75) is 38.3 Å². The molecular weight excluding hydrogens is 198 g/mol. The standard InChI is InChI=1S/C10H17NO4/c1-7(12)6-9(13)11-5-3-4-8(11)10(14)15-2/h7-8,12H,3-6H2,1-2H3/t7-,8+/m0/s1. The second-order valence-corrected chi connectivity index (χ2v) is 3.82. The molecule has 1 rings (SSSR count). The highest BCUT2D eigenvalue weighted by Gasteiger charge is 2.34. The molecule has 1 amide bonds. The number of aliphatic hydroxyl groups is 1. The van der Waals surface area contributed by atoms with Gasteiger partial charge in [0, 0.05) is 6.54 Å². The Balaban J connectivity index is 2.60. The predicted molar refractivity (Wildman–Crippen MR) is 53.0 cm³/mol. The van der Waals surface area contributed by atoms with E-state index in [4.69, 9.17) is 5.11 Å². The van der Waals surface area contributed by atoms with Gasteiger partial charge >= 0.3 is 5.97 Å². The summed E-state index contributed by atoms with van der Waals surface area (Å²) in [6.45, 7) is 2.13. The van der Waals surface area contributed by atoms with Crippen LogP contribution in [0, 0.1) is 0 Å². The number of carbonyl (C=O) groups is 2. The number of methoxy groups -OCH3 is 1. The number of rotatable bonds is 3. The fourth-order valence-corrected chi connectivity index (χ4v) is 1.82. The highest BCUT2D eigenvalue weighted by molar-refractivity contribution is 5.85. The Morgan fingerprint density at radius 3 is 2.80 bits per heavy atom. The van der Waals surface area contributed by atoms with Crippen LogP contribution in [0.25, 0.3) is 0 Å². The van der Waals surface area contributed by atoms with Gasteiger partial charge in [-0.2, -0.15) is 0 Å². The van der Waals surface area contributed by atoms with Crippen LogP contribution in [-0.2, 0) is 14.3 Å². The molecule has 1 aliphatic heterocycles. The van der Waals surface area contributed by atoms with E-state index >= 15 is 0 Å². The molecule has 5 nitrogen and oxygen atoms in total. The van der Waals surface area contributed by atoms with Crippen LogP contribution in [0.2, 0.25) is 0 Å². The van der Waals surface area contributed by atoms with Gasteiger partial charge in [0.15, 0.2) is 0 Å². The normalized spacial score (nSPS) is 22.6. The Kier molecular flexibility index (Phi) is 4.08. The summed E-state index contributed by atoms with van der Waals surface area (Å²) < 4.78 is 4.62. The largest absolute Gasteiger partial charge is 0.467 e. The van der Waals surface area contributed by atoms with Crippen molar-refractivity contribution in [2.75, 3.05) is 13.7 Å². The van der Waals surface area contributed by atoms with E-state index in [0.717, 1.165) is 6.42 Å². The molecule has 1 aliphatic rings. The zero-order chi connectivity index (χ0) is 11.4. The molecule has 0 aromatic rings. The third kappa shape index (κ3) is 2.92. The highest BCUT2D eigenvalue weighted by Crippen LogP contribution is 2.19. The van der Waals surface area contributed by atoms with Crippen LogP contribution >= 0.6 is 0 Å². The second-order valence-electron chi connectivity index (χ2n) is 3.82. The lowest BCUT2D eigenvalue weighted by molar-refractivity contribution is -0.151. The third-order valence-electron chi connectivity index (χ3n) is 2.52. The van der Waals surface area contributed by atoms with Crippen molar-refractivity contribution in [1.29, 1.82) is 0 Å². The molecule has 0 spiro atoms. The number of likely N-dealkylation sites (tertiary alicyclic amines) is 1. The van der Waals surface area contributed by atoms with Crippen LogP contribution in [0.5, 0.6) is 0 Å². The second kappa shape index (κ2) is 5.11. The fourth-order valence-electron chi connectivity index (χ4n) is 1.82. The maximum absolute atomic E-state index is 11.6. The summed E-state index contributed by atoms with van der Waals surface area (Å²) in [5, 5.41) is 9.10. The molecular formula is C10H17NO4. The molecule has 2 atom stereocenters. The van der Waals surface area contributed by atoms with Gasteiger partial charge in [-0.15, -0.1) is 0 Å². The van der Waals surface area contributed by atoms with Crippen molar-refractivity contribution in [3.8, 4) is 0 Å². The first-order valence-electron chi connectivity index (χ1n) is 5.11. The summed E-state index contributed by atoms with van der Waals surface area (Å²) >= 11 is 0. The maximum Gasteiger partial charge on any atom is 0.328 e. The number of amides is 1. The number of hydrogen-bond acceptors (Lipinski definition) is 4. The van der Waals surface area contributed by atoms with Crippen LogP contribution in [0.4, 0.5) is 0 Å². The van der Waals surface area contributed by atoms with Crippen molar-refractivity contribution >= 4 is 11.9 Å². The molecule has 0 saturated carbocycles. The maximum atomic E-state index is 11.6. The molecule has 1 heterocycles. The summed E-state index contributed by atoms with van der Waals surface area (Å²) in [7, 11) is 1.32. The first-order chi connectivity index (χ1) is 7.06. The van der Waals surface area contributed by atoms with Gasteiger partial charge in [-0.05, 0) is 19.8 Å². The summed E-state index contributed by atoms with van der Waals surface area (Å²) in [6.07, 6.45) is 0.855. The van der Waals surface area contributed by atoms with Crippen molar-refractivity contribution < 1.29 is 19.4 Å². The monoisotopic (exact) mass is 215 g/mol. The van der Waals surface area contributed by atoms with Crippen molar-refractivity contribution in [3.05, 3.63) is 0 Å². The minimum absolute atomic E-state index is 0.0630. The molecule has 0 aliphatic carbocycles. The number of hydrogen-bond donors (Lipinski definition) is 1. The Bertz CT molecular complexity index is 252. The van der Waals surface area contributed by atoms with E-state index in [9.17, 15) is 9.59 Å². The van der Waals surface area contributed by atoms with E-state index in [0.29, 0.717) is 13.0 Å². The molecule has 0 unspecified atom stereocenters. The van der Waals surface area contributed by atoms with Gasteiger partial charge in [0.2, 0.25) is 5.91 Å². The van der Waals surface area contributed by atoms with Crippen LogP contribution in [-0.4, -0.2) is 47.7 Å². The van der Waals surface area contributed by atoms with E-state index in [2.05, 4.69) is 4.74 Å². The molecule has 5 heteroatoms. The van der Waals surface area contributed by atoms with Gasteiger partial charge < -0.3 is 14.7 Å². The summed E-state index contributed by atoms with van der Waals surface area (Å²) in [6, 6.07) is -0.457. The van der Waals surface area contributed by atoms with Gasteiger partial charge in [-0.25, -0.2) is 4.79 Å². The number of nitrogens with zero attached hydrogens (tertiary/aromatic N) is 1. The number of aliphatic hydroxyl groups excluding tert-OH is 1. The topological polar surface area (TPSA) is 66.8 Å². The number of carbonyl (C=O) groups excluding carboxylic acids is 2. The number of esters is 1. The average molecular weight is 215 g/mol. The first-order valence-corrected chi connectivity index (χ1v) is 5.11. The molecule has 0 radical (unpaired) electrons. The van der Waals surface area contributed by atoms with E-state index in [1.165, 1.54) is 12.0 Å². The lowest BCUT2D eigenvalue weighted by Gasteiger charge is -2.23. The predicted octanol–water partition coefficient (Wildman–Crippen LogP) is -0.0787. The van der Waals surface area contributed by atoms with Crippen molar-refractivity contribution in [3.63, 3.8) is 0 Å². The minimum Gasteiger partial charge on any atom is -0.467 e. The molecule has 1 N–H and O–H groups in total. The Morgan fingerprint density at radius 1 is 1.60 bits per heavy atom.